The fourth-order valence-corrected chi connectivity index (χ4v) is 3.50. The number of thioether (sulfide) groups is 1. The monoisotopic (exact) mass is 264 g/mol. The van der Waals surface area contributed by atoms with E-state index in [1.807, 2.05) is 18.2 Å². The van der Waals surface area contributed by atoms with Gasteiger partial charge in [-0.1, -0.05) is 30.3 Å². The summed E-state index contributed by atoms with van der Waals surface area (Å²) in [6.07, 6.45) is 3.64. The van der Waals surface area contributed by atoms with Crippen LogP contribution in [0.3, 0.4) is 0 Å². The van der Waals surface area contributed by atoms with Crippen molar-refractivity contribution < 1.29 is 9.28 Å². The zero-order valence-electron chi connectivity index (χ0n) is 11.3. The van der Waals surface area contributed by atoms with Crippen LogP contribution in [0.25, 0.3) is 0 Å². The minimum absolute atomic E-state index is 0.246. The molecular formula is C15H22NOS+. The van der Waals surface area contributed by atoms with Gasteiger partial charge in [0, 0.05) is 5.25 Å². The molecule has 2 rings (SSSR count). The molecule has 0 spiro atoms. The molecule has 1 aromatic carbocycles. The summed E-state index contributed by atoms with van der Waals surface area (Å²) in [5, 5.41) is 0.571. The van der Waals surface area contributed by atoms with Gasteiger partial charge < -0.3 is 0 Å². The number of nitrogens with zero attached hydrogens (tertiary/aromatic N) is 1. The van der Waals surface area contributed by atoms with Gasteiger partial charge >= 0.3 is 5.24 Å². The Morgan fingerprint density at radius 1 is 1.17 bits per heavy atom. The molecule has 1 saturated heterocycles. The summed E-state index contributed by atoms with van der Waals surface area (Å²) in [6.45, 7) is 4.13. The highest BCUT2D eigenvalue weighted by Crippen LogP contribution is 2.33. The smallest absolute Gasteiger partial charge is 0.253 e. The first kappa shape index (κ1) is 13.6. The van der Waals surface area contributed by atoms with Crippen molar-refractivity contribution in [3.8, 4) is 0 Å². The van der Waals surface area contributed by atoms with Crippen LogP contribution < -0.4 is 0 Å². The topological polar surface area (TPSA) is 17.1 Å². The molecule has 1 unspecified atom stereocenters. The van der Waals surface area contributed by atoms with Crippen molar-refractivity contribution in [1.29, 1.82) is 0 Å². The van der Waals surface area contributed by atoms with Gasteiger partial charge in [-0.3, -0.25) is 4.48 Å². The van der Waals surface area contributed by atoms with Gasteiger partial charge in [0.2, 0.25) is 0 Å². The normalized spacial score (nSPS) is 20.3. The van der Waals surface area contributed by atoms with Crippen molar-refractivity contribution in [2.45, 2.75) is 31.4 Å². The van der Waals surface area contributed by atoms with Crippen LogP contribution in [-0.4, -0.2) is 29.9 Å². The largest absolute Gasteiger partial charge is 0.375 e. The average Bonchev–Trinajstić information content (AvgIpc) is 2.40. The molecule has 1 aliphatic heterocycles. The Kier molecular flexibility index (Phi) is 4.46. The number of quaternary nitrogens is 1. The first-order chi connectivity index (χ1) is 8.62. The maximum Gasteiger partial charge on any atom is 0.375 e. The van der Waals surface area contributed by atoms with Crippen molar-refractivity contribution >= 4 is 17.0 Å². The Morgan fingerprint density at radius 3 is 2.39 bits per heavy atom. The molecule has 0 aliphatic carbocycles. The van der Waals surface area contributed by atoms with Gasteiger partial charge in [-0.25, -0.2) is 4.79 Å². The standard InChI is InChI=1S/C15H22NOS/c1-13(14-9-5-3-6-10-14)18-15(17)16(2)11-7-4-8-12-16/h3,5-6,9-10,13H,4,7-8,11-12H2,1-2H3/q+1. The molecule has 1 aliphatic rings. The van der Waals surface area contributed by atoms with Crippen LogP contribution in [0.4, 0.5) is 4.79 Å². The molecule has 1 aromatic rings. The van der Waals surface area contributed by atoms with E-state index in [1.54, 1.807) is 0 Å². The zero-order valence-corrected chi connectivity index (χ0v) is 12.1. The van der Waals surface area contributed by atoms with Crippen LogP contribution in [0.15, 0.2) is 30.3 Å². The molecule has 0 radical (unpaired) electrons. The van der Waals surface area contributed by atoms with E-state index in [0.29, 0.717) is 9.72 Å². The Morgan fingerprint density at radius 2 is 1.78 bits per heavy atom. The lowest BCUT2D eigenvalue weighted by molar-refractivity contribution is -0.828. The maximum atomic E-state index is 12.4. The zero-order chi connectivity index (χ0) is 13.0. The third-order valence-corrected chi connectivity index (χ3v) is 5.06. The van der Waals surface area contributed by atoms with E-state index in [-0.39, 0.29) is 5.25 Å². The van der Waals surface area contributed by atoms with Crippen molar-refractivity contribution in [2.75, 3.05) is 20.1 Å². The fourth-order valence-electron chi connectivity index (χ4n) is 2.46. The predicted octanol–water partition coefficient (Wildman–Crippen LogP) is 4.23. The fraction of sp³-hybridized carbons (Fsp3) is 0.533. The lowest BCUT2D eigenvalue weighted by Gasteiger charge is -2.34. The SMILES string of the molecule is CC(SC(=O)[N+]1(C)CCCCC1)c1ccccc1. The lowest BCUT2D eigenvalue weighted by atomic mass is 10.1. The number of hydrogen-bond acceptors (Lipinski definition) is 2. The van der Waals surface area contributed by atoms with Gasteiger partial charge in [-0.15, -0.1) is 0 Å². The number of likely N-dealkylation sites (tertiary alicyclic amines) is 1. The minimum Gasteiger partial charge on any atom is -0.253 e. The third kappa shape index (κ3) is 3.15. The number of rotatable bonds is 2. The number of hydrogen-bond donors (Lipinski definition) is 0. The van der Waals surface area contributed by atoms with Crippen molar-refractivity contribution in [3.63, 3.8) is 0 Å². The summed E-state index contributed by atoms with van der Waals surface area (Å²) in [7, 11) is 2.09. The molecule has 1 amide bonds. The van der Waals surface area contributed by atoms with E-state index in [2.05, 4.69) is 26.1 Å². The van der Waals surface area contributed by atoms with E-state index in [1.165, 1.54) is 36.6 Å². The van der Waals surface area contributed by atoms with E-state index >= 15 is 0 Å². The van der Waals surface area contributed by atoms with E-state index in [4.69, 9.17) is 0 Å². The van der Waals surface area contributed by atoms with Gasteiger partial charge in [-0.05, 0) is 43.5 Å². The average molecular weight is 264 g/mol. The minimum atomic E-state index is 0.246. The molecule has 1 atom stereocenters. The van der Waals surface area contributed by atoms with Gasteiger partial charge in [0.1, 0.15) is 0 Å². The summed E-state index contributed by atoms with van der Waals surface area (Å²) in [6, 6.07) is 10.3. The van der Waals surface area contributed by atoms with Crippen LogP contribution in [0, 0.1) is 0 Å². The molecule has 3 heteroatoms. The highest BCUT2D eigenvalue weighted by Gasteiger charge is 2.34. The second-order valence-corrected chi connectivity index (χ2v) is 6.63. The second-order valence-electron chi connectivity index (χ2n) is 5.34. The Balaban J connectivity index is 1.98. The van der Waals surface area contributed by atoms with Gasteiger partial charge in [-0.2, -0.15) is 0 Å². The molecule has 18 heavy (non-hydrogen) atoms. The maximum absolute atomic E-state index is 12.4. The molecule has 1 fully saturated rings. The second kappa shape index (κ2) is 5.89. The third-order valence-electron chi connectivity index (χ3n) is 3.79. The van der Waals surface area contributed by atoms with Gasteiger partial charge in [0.15, 0.2) is 0 Å². The van der Waals surface area contributed by atoms with Crippen molar-refractivity contribution in [3.05, 3.63) is 35.9 Å². The van der Waals surface area contributed by atoms with E-state index in [0.717, 1.165) is 13.1 Å². The molecule has 2 nitrogen and oxygen atoms in total. The van der Waals surface area contributed by atoms with Crippen LogP contribution in [-0.2, 0) is 0 Å². The van der Waals surface area contributed by atoms with E-state index in [9.17, 15) is 4.79 Å². The number of carbonyl (C=O) groups is 1. The Labute approximate surface area is 114 Å². The van der Waals surface area contributed by atoms with Crippen LogP contribution in [0.1, 0.15) is 37.0 Å². The summed E-state index contributed by atoms with van der Waals surface area (Å²) >= 11 is 1.49. The first-order valence-electron chi connectivity index (χ1n) is 6.72. The van der Waals surface area contributed by atoms with Crippen LogP contribution in [0.2, 0.25) is 0 Å². The summed E-state index contributed by atoms with van der Waals surface area (Å²) < 4.78 is 0.613. The molecule has 1 heterocycles. The van der Waals surface area contributed by atoms with Crippen molar-refractivity contribution in [1.82, 2.24) is 0 Å². The van der Waals surface area contributed by atoms with Gasteiger partial charge in [0.05, 0.1) is 20.1 Å². The molecule has 0 bridgehead atoms. The first-order valence-corrected chi connectivity index (χ1v) is 7.60. The number of amides is 1. The van der Waals surface area contributed by atoms with Crippen LogP contribution in [0.5, 0.6) is 0 Å². The van der Waals surface area contributed by atoms with Gasteiger partial charge in [0.25, 0.3) is 0 Å². The molecule has 0 N–H and O–H groups in total. The summed E-state index contributed by atoms with van der Waals surface area (Å²) in [4.78, 5) is 12.4. The molecule has 0 aromatic heterocycles. The molecular weight excluding hydrogens is 242 g/mol. The quantitative estimate of drug-likeness (QED) is 0.744. The molecule has 0 saturated carbocycles. The lowest BCUT2D eigenvalue weighted by Crippen LogP contribution is -2.50. The summed E-state index contributed by atoms with van der Waals surface area (Å²) in [5.74, 6) is 0. The highest BCUT2D eigenvalue weighted by atomic mass is 32.2. The Hall–Kier alpha value is -0.800. The number of carbonyl (C=O) groups excluding carboxylic acids is 1. The number of piperidine rings is 1. The Bertz CT molecular complexity index is 398. The van der Waals surface area contributed by atoms with Crippen molar-refractivity contribution in [2.24, 2.45) is 0 Å². The van der Waals surface area contributed by atoms with Crippen LogP contribution >= 0.6 is 11.8 Å². The summed E-state index contributed by atoms with van der Waals surface area (Å²) in [5.41, 5.74) is 1.24. The molecule has 98 valence electrons. The highest BCUT2D eigenvalue weighted by molar-refractivity contribution is 8.13. The number of benzene rings is 1. The van der Waals surface area contributed by atoms with E-state index < -0.39 is 0 Å². The predicted molar refractivity (Wildman–Crippen MR) is 77.6 cm³/mol.